The van der Waals surface area contributed by atoms with Crippen LogP contribution in [0, 0.1) is 13.8 Å². The SMILES string of the molecule is COCCNC(=O)c1c(-c2c(C)nn(C)c2Oc2ccc(Cl)cc2)noc1C. The fourth-order valence-corrected chi connectivity index (χ4v) is 2.93. The van der Waals surface area contributed by atoms with Crippen LogP contribution in [-0.2, 0) is 11.8 Å². The molecule has 1 N–H and O–H groups in total. The maximum atomic E-state index is 12.7. The first-order chi connectivity index (χ1) is 13.4. The first-order valence-corrected chi connectivity index (χ1v) is 9.01. The second-order valence-corrected chi connectivity index (χ2v) is 6.59. The Balaban J connectivity index is 2.00. The summed E-state index contributed by atoms with van der Waals surface area (Å²) in [6, 6.07) is 6.96. The molecule has 1 aromatic carbocycles. The summed E-state index contributed by atoms with van der Waals surface area (Å²) in [6.45, 7) is 4.29. The van der Waals surface area contributed by atoms with E-state index in [1.54, 1.807) is 50.0 Å². The summed E-state index contributed by atoms with van der Waals surface area (Å²) in [7, 11) is 3.33. The smallest absolute Gasteiger partial charge is 0.257 e. The average Bonchev–Trinajstić information content (AvgIpc) is 3.16. The predicted molar refractivity (Wildman–Crippen MR) is 104 cm³/mol. The Morgan fingerprint density at radius 1 is 1.29 bits per heavy atom. The number of hydrogen-bond donors (Lipinski definition) is 1. The van der Waals surface area contributed by atoms with E-state index in [0.29, 0.717) is 58.1 Å². The van der Waals surface area contributed by atoms with E-state index < -0.39 is 0 Å². The third-order valence-electron chi connectivity index (χ3n) is 4.12. The van der Waals surface area contributed by atoms with Crippen molar-refractivity contribution in [2.45, 2.75) is 13.8 Å². The molecule has 8 nitrogen and oxygen atoms in total. The van der Waals surface area contributed by atoms with E-state index in [4.69, 9.17) is 25.6 Å². The van der Waals surface area contributed by atoms with Gasteiger partial charge >= 0.3 is 0 Å². The van der Waals surface area contributed by atoms with Gasteiger partial charge < -0.3 is 19.3 Å². The van der Waals surface area contributed by atoms with Crippen LogP contribution < -0.4 is 10.1 Å². The Labute approximate surface area is 167 Å². The highest BCUT2D eigenvalue weighted by atomic mass is 35.5. The highest BCUT2D eigenvalue weighted by molar-refractivity contribution is 6.30. The second-order valence-electron chi connectivity index (χ2n) is 6.16. The van der Waals surface area contributed by atoms with Gasteiger partial charge in [-0.2, -0.15) is 5.10 Å². The molecular weight excluding hydrogens is 384 g/mol. The number of benzene rings is 1. The summed E-state index contributed by atoms with van der Waals surface area (Å²) in [5.41, 5.74) is 1.96. The van der Waals surface area contributed by atoms with Crippen LogP contribution in [0.2, 0.25) is 5.02 Å². The van der Waals surface area contributed by atoms with Crippen molar-refractivity contribution < 1.29 is 18.8 Å². The summed E-state index contributed by atoms with van der Waals surface area (Å²) in [5, 5.41) is 11.9. The van der Waals surface area contributed by atoms with Gasteiger partial charge in [0.25, 0.3) is 5.91 Å². The lowest BCUT2D eigenvalue weighted by Crippen LogP contribution is -2.27. The van der Waals surface area contributed by atoms with Gasteiger partial charge in [-0.25, -0.2) is 4.68 Å². The van der Waals surface area contributed by atoms with Crippen LogP contribution in [0.25, 0.3) is 11.3 Å². The normalized spacial score (nSPS) is 10.9. The molecule has 28 heavy (non-hydrogen) atoms. The van der Waals surface area contributed by atoms with Crippen molar-refractivity contribution in [1.82, 2.24) is 20.3 Å². The van der Waals surface area contributed by atoms with E-state index in [1.807, 2.05) is 6.92 Å². The van der Waals surface area contributed by atoms with Crippen LogP contribution in [0.1, 0.15) is 21.8 Å². The molecule has 0 fully saturated rings. The molecule has 0 saturated heterocycles. The van der Waals surface area contributed by atoms with Crippen molar-refractivity contribution >= 4 is 17.5 Å². The largest absolute Gasteiger partial charge is 0.439 e. The average molecular weight is 405 g/mol. The lowest BCUT2D eigenvalue weighted by Gasteiger charge is -2.09. The third kappa shape index (κ3) is 4.02. The number of carbonyl (C=O) groups excluding carboxylic acids is 1. The Hall–Kier alpha value is -2.84. The first-order valence-electron chi connectivity index (χ1n) is 8.63. The van der Waals surface area contributed by atoms with Gasteiger partial charge in [0, 0.05) is 25.7 Å². The molecule has 0 aliphatic heterocycles. The number of aryl methyl sites for hydroxylation is 3. The lowest BCUT2D eigenvalue weighted by molar-refractivity contribution is 0.0936. The van der Waals surface area contributed by atoms with Gasteiger partial charge in [0.2, 0.25) is 5.88 Å². The molecule has 2 heterocycles. The maximum absolute atomic E-state index is 12.7. The van der Waals surface area contributed by atoms with Crippen molar-refractivity contribution in [2.24, 2.45) is 7.05 Å². The third-order valence-corrected chi connectivity index (χ3v) is 4.37. The minimum absolute atomic E-state index is 0.300. The molecule has 3 rings (SSSR count). The number of nitrogens with zero attached hydrogens (tertiary/aromatic N) is 3. The van der Waals surface area contributed by atoms with Gasteiger partial charge in [-0.3, -0.25) is 4.79 Å². The van der Waals surface area contributed by atoms with Crippen LogP contribution in [-0.4, -0.2) is 41.1 Å². The number of hydrogen-bond acceptors (Lipinski definition) is 6. The van der Waals surface area contributed by atoms with Crippen LogP contribution >= 0.6 is 11.6 Å². The highest BCUT2D eigenvalue weighted by Gasteiger charge is 2.28. The van der Waals surface area contributed by atoms with Gasteiger partial charge in [-0.1, -0.05) is 16.8 Å². The zero-order valence-electron chi connectivity index (χ0n) is 16.1. The number of rotatable bonds is 7. The minimum atomic E-state index is -0.300. The molecule has 0 aliphatic carbocycles. The molecule has 0 bridgehead atoms. The molecular formula is C19H21ClN4O4. The molecule has 148 valence electrons. The van der Waals surface area contributed by atoms with Gasteiger partial charge in [-0.15, -0.1) is 0 Å². The second kappa shape index (κ2) is 8.45. The fraction of sp³-hybridized carbons (Fsp3) is 0.316. The summed E-state index contributed by atoms with van der Waals surface area (Å²) in [4.78, 5) is 12.7. The summed E-state index contributed by atoms with van der Waals surface area (Å²) in [5.74, 6) is 1.14. The molecule has 0 saturated carbocycles. The van der Waals surface area contributed by atoms with Gasteiger partial charge in [0.05, 0.1) is 17.9 Å². The maximum Gasteiger partial charge on any atom is 0.257 e. The number of methoxy groups -OCH3 is 1. The topological polar surface area (TPSA) is 91.4 Å². The molecule has 3 aromatic rings. The van der Waals surface area contributed by atoms with Crippen molar-refractivity contribution in [3.8, 4) is 22.9 Å². The monoisotopic (exact) mass is 404 g/mol. The summed E-state index contributed by atoms with van der Waals surface area (Å²) in [6.07, 6.45) is 0. The first kappa shape index (κ1) is 19.9. The molecule has 0 unspecified atom stereocenters. The zero-order chi connectivity index (χ0) is 20.3. The molecule has 0 radical (unpaired) electrons. The van der Waals surface area contributed by atoms with Crippen LogP contribution in [0.15, 0.2) is 28.8 Å². The molecule has 9 heteroatoms. The molecule has 2 aromatic heterocycles. The van der Waals surface area contributed by atoms with Gasteiger partial charge in [-0.05, 0) is 38.1 Å². The van der Waals surface area contributed by atoms with Crippen molar-refractivity contribution in [2.75, 3.05) is 20.3 Å². The number of ether oxygens (including phenoxy) is 2. The molecule has 0 spiro atoms. The van der Waals surface area contributed by atoms with E-state index in [2.05, 4.69) is 15.6 Å². The Morgan fingerprint density at radius 2 is 2.00 bits per heavy atom. The molecule has 0 aliphatic rings. The van der Waals surface area contributed by atoms with Gasteiger partial charge in [0.15, 0.2) is 0 Å². The van der Waals surface area contributed by atoms with Crippen molar-refractivity contribution in [3.05, 3.63) is 46.3 Å². The highest BCUT2D eigenvalue weighted by Crippen LogP contribution is 2.37. The van der Waals surface area contributed by atoms with E-state index >= 15 is 0 Å². The van der Waals surface area contributed by atoms with Crippen molar-refractivity contribution in [1.29, 1.82) is 0 Å². The van der Waals surface area contributed by atoms with E-state index in [9.17, 15) is 4.79 Å². The van der Waals surface area contributed by atoms with E-state index in [0.717, 1.165) is 0 Å². The van der Waals surface area contributed by atoms with Crippen molar-refractivity contribution in [3.63, 3.8) is 0 Å². The van der Waals surface area contributed by atoms with Crippen LogP contribution in [0.3, 0.4) is 0 Å². The zero-order valence-corrected chi connectivity index (χ0v) is 16.8. The van der Waals surface area contributed by atoms with Crippen LogP contribution in [0.4, 0.5) is 0 Å². The quantitative estimate of drug-likeness (QED) is 0.606. The number of nitrogens with one attached hydrogen (secondary N) is 1. The molecule has 0 atom stereocenters. The summed E-state index contributed by atoms with van der Waals surface area (Å²) < 4.78 is 17.9. The Kier molecular flexibility index (Phi) is 6.01. The Bertz CT molecular complexity index is 979. The summed E-state index contributed by atoms with van der Waals surface area (Å²) >= 11 is 5.94. The lowest BCUT2D eigenvalue weighted by atomic mass is 10.1. The predicted octanol–water partition coefficient (Wildman–Crippen LogP) is 3.51. The number of aromatic nitrogens is 3. The Morgan fingerprint density at radius 3 is 2.68 bits per heavy atom. The number of amides is 1. The number of halogens is 1. The van der Waals surface area contributed by atoms with E-state index in [-0.39, 0.29) is 5.91 Å². The minimum Gasteiger partial charge on any atom is -0.439 e. The van der Waals surface area contributed by atoms with E-state index in [1.165, 1.54) is 0 Å². The molecule has 1 amide bonds. The number of carbonyl (C=O) groups is 1. The van der Waals surface area contributed by atoms with Gasteiger partial charge in [0.1, 0.15) is 22.8 Å². The fourth-order valence-electron chi connectivity index (χ4n) is 2.81. The van der Waals surface area contributed by atoms with Crippen LogP contribution in [0.5, 0.6) is 11.6 Å². The standard InChI is InChI=1S/C19H21ClN4O4/c1-11-15(17-16(12(2)28-23-17)18(25)21-9-10-26-4)19(24(3)22-11)27-14-7-5-13(20)6-8-14/h5-8H,9-10H2,1-4H3,(H,21,25).